The molecule has 0 aliphatic carbocycles. The van der Waals surface area contributed by atoms with Gasteiger partial charge >= 0.3 is 6.09 Å². The Balaban J connectivity index is 1.91. The lowest BCUT2D eigenvalue weighted by atomic mass is 10.1. The van der Waals surface area contributed by atoms with Gasteiger partial charge in [0.1, 0.15) is 0 Å². The molecule has 1 amide bonds. The highest BCUT2D eigenvalue weighted by Crippen LogP contribution is 2.18. The molecule has 0 fully saturated rings. The second kappa shape index (κ2) is 6.70. The summed E-state index contributed by atoms with van der Waals surface area (Å²) in [6, 6.07) is 7.84. The third kappa shape index (κ3) is 3.81. The highest BCUT2D eigenvalue weighted by atomic mass is 16.5. The first-order chi connectivity index (χ1) is 9.69. The molecule has 2 rings (SSSR count). The Bertz CT molecular complexity index is 581. The first kappa shape index (κ1) is 14.0. The minimum absolute atomic E-state index is 0.351. The van der Waals surface area contributed by atoms with Crippen LogP contribution in [0.25, 0.3) is 11.5 Å². The van der Waals surface area contributed by atoms with Crippen LogP contribution in [0.15, 0.2) is 28.7 Å². The van der Waals surface area contributed by atoms with E-state index in [0.717, 1.165) is 11.1 Å². The van der Waals surface area contributed by atoms with Crippen LogP contribution in [0, 0.1) is 6.92 Å². The molecule has 0 atom stereocenters. The van der Waals surface area contributed by atoms with Crippen molar-refractivity contribution in [1.29, 1.82) is 0 Å². The molecule has 1 aromatic carbocycles. The van der Waals surface area contributed by atoms with Crippen LogP contribution in [0.1, 0.15) is 18.4 Å². The van der Waals surface area contributed by atoms with E-state index in [2.05, 4.69) is 15.5 Å². The largest absolute Gasteiger partial charge is 0.450 e. The Labute approximate surface area is 117 Å². The normalized spacial score (nSPS) is 10.3. The first-order valence-corrected chi connectivity index (χ1v) is 6.49. The maximum absolute atomic E-state index is 11.1. The number of nitrogens with zero attached hydrogens (tertiary/aromatic N) is 2. The zero-order valence-corrected chi connectivity index (χ0v) is 11.5. The maximum Gasteiger partial charge on any atom is 0.407 e. The maximum atomic E-state index is 11.1. The number of carbonyl (C=O) groups excluding carboxylic acids is 1. The Morgan fingerprint density at radius 2 is 2.25 bits per heavy atom. The minimum Gasteiger partial charge on any atom is -0.450 e. The summed E-state index contributed by atoms with van der Waals surface area (Å²) < 4.78 is 10.3. The summed E-state index contributed by atoms with van der Waals surface area (Å²) in [5.41, 5.74) is 2.02. The number of nitrogens with one attached hydrogen (secondary N) is 1. The molecule has 0 aliphatic heterocycles. The zero-order chi connectivity index (χ0) is 14.4. The lowest BCUT2D eigenvalue weighted by molar-refractivity contribution is 0.152. The average Bonchev–Trinajstić information content (AvgIpc) is 2.88. The predicted octanol–water partition coefficient (Wildman–Crippen LogP) is 2.33. The molecular formula is C14H17N3O3. The van der Waals surface area contributed by atoms with Gasteiger partial charge in [-0.2, -0.15) is 0 Å². The molecule has 1 aromatic heterocycles. The highest BCUT2D eigenvalue weighted by molar-refractivity contribution is 5.66. The molecule has 2 aromatic rings. The molecule has 6 nitrogen and oxygen atoms in total. The van der Waals surface area contributed by atoms with Crippen molar-refractivity contribution in [3.05, 3.63) is 35.7 Å². The smallest absolute Gasteiger partial charge is 0.407 e. The number of benzene rings is 1. The van der Waals surface area contributed by atoms with Crippen molar-refractivity contribution in [3.63, 3.8) is 0 Å². The second-order valence-corrected chi connectivity index (χ2v) is 4.27. The summed E-state index contributed by atoms with van der Waals surface area (Å²) in [5, 5.41) is 10.6. The number of hydrogen-bond donors (Lipinski definition) is 1. The van der Waals surface area contributed by atoms with Crippen LogP contribution in [0.4, 0.5) is 4.79 Å². The SMILES string of the molecule is CCOC(=O)NCCc1nnc(-c2cccc(C)c2)o1. The third-order valence-corrected chi connectivity index (χ3v) is 2.62. The summed E-state index contributed by atoms with van der Waals surface area (Å²) >= 11 is 0. The molecule has 0 aliphatic rings. The van der Waals surface area contributed by atoms with Crippen molar-refractivity contribution < 1.29 is 13.9 Å². The summed E-state index contributed by atoms with van der Waals surface area (Å²) in [6.07, 6.45) is 0.0309. The average molecular weight is 275 g/mol. The summed E-state index contributed by atoms with van der Waals surface area (Å²) in [5.74, 6) is 0.970. The van der Waals surface area contributed by atoms with Gasteiger partial charge in [0.15, 0.2) is 0 Å². The van der Waals surface area contributed by atoms with E-state index >= 15 is 0 Å². The van der Waals surface area contributed by atoms with Crippen LogP contribution in [0.2, 0.25) is 0 Å². The van der Waals surface area contributed by atoms with Crippen LogP contribution < -0.4 is 5.32 Å². The van der Waals surface area contributed by atoms with Gasteiger partial charge < -0.3 is 14.5 Å². The van der Waals surface area contributed by atoms with Crippen molar-refractivity contribution in [2.24, 2.45) is 0 Å². The number of amides is 1. The highest BCUT2D eigenvalue weighted by Gasteiger charge is 2.09. The van der Waals surface area contributed by atoms with Gasteiger partial charge in [0.2, 0.25) is 11.8 Å². The molecule has 0 radical (unpaired) electrons. The number of carbonyl (C=O) groups is 1. The van der Waals surface area contributed by atoms with E-state index in [1.54, 1.807) is 6.92 Å². The molecule has 0 saturated carbocycles. The summed E-state index contributed by atoms with van der Waals surface area (Å²) in [7, 11) is 0. The van der Waals surface area contributed by atoms with E-state index in [4.69, 9.17) is 9.15 Å². The summed E-state index contributed by atoms with van der Waals surface area (Å²) in [4.78, 5) is 11.1. The van der Waals surface area contributed by atoms with Gasteiger partial charge in [-0.3, -0.25) is 0 Å². The lowest BCUT2D eigenvalue weighted by Crippen LogP contribution is -2.26. The standard InChI is InChI=1S/C14H17N3O3/c1-3-19-14(18)15-8-7-12-16-17-13(20-12)11-6-4-5-10(2)9-11/h4-6,9H,3,7-8H2,1-2H3,(H,15,18). The molecule has 106 valence electrons. The van der Waals surface area contributed by atoms with Crippen LogP contribution in [-0.4, -0.2) is 29.4 Å². The molecular weight excluding hydrogens is 258 g/mol. The molecule has 1 heterocycles. The van der Waals surface area contributed by atoms with Crippen molar-refractivity contribution in [2.75, 3.05) is 13.2 Å². The quantitative estimate of drug-likeness (QED) is 0.906. The summed E-state index contributed by atoms with van der Waals surface area (Å²) in [6.45, 7) is 4.51. The lowest BCUT2D eigenvalue weighted by Gasteiger charge is -2.02. The van der Waals surface area contributed by atoms with Crippen LogP contribution >= 0.6 is 0 Å². The van der Waals surface area contributed by atoms with E-state index in [-0.39, 0.29) is 0 Å². The first-order valence-electron chi connectivity index (χ1n) is 6.49. The molecule has 0 spiro atoms. The Morgan fingerprint density at radius 1 is 1.40 bits per heavy atom. The second-order valence-electron chi connectivity index (χ2n) is 4.27. The van der Waals surface area contributed by atoms with Gasteiger partial charge in [0.05, 0.1) is 6.61 Å². The van der Waals surface area contributed by atoms with Gasteiger partial charge in [-0.1, -0.05) is 17.7 Å². The third-order valence-electron chi connectivity index (χ3n) is 2.62. The van der Waals surface area contributed by atoms with Gasteiger partial charge in [-0.05, 0) is 26.0 Å². The Morgan fingerprint density at radius 3 is 3.00 bits per heavy atom. The topological polar surface area (TPSA) is 77.2 Å². The van der Waals surface area contributed by atoms with E-state index < -0.39 is 6.09 Å². The molecule has 6 heteroatoms. The van der Waals surface area contributed by atoms with Gasteiger partial charge in [0.25, 0.3) is 0 Å². The fourth-order valence-corrected chi connectivity index (χ4v) is 1.70. The fraction of sp³-hybridized carbons (Fsp3) is 0.357. The van der Waals surface area contributed by atoms with Crippen LogP contribution in [0.3, 0.4) is 0 Å². The number of hydrogen-bond acceptors (Lipinski definition) is 5. The zero-order valence-electron chi connectivity index (χ0n) is 11.5. The van der Waals surface area contributed by atoms with Crippen molar-refractivity contribution in [3.8, 4) is 11.5 Å². The van der Waals surface area contributed by atoms with E-state index in [0.29, 0.717) is 31.4 Å². The Hall–Kier alpha value is -2.37. The van der Waals surface area contributed by atoms with Gasteiger partial charge in [-0.25, -0.2) is 4.79 Å². The van der Waals surface area contributed by atoms with Gasteiger partial charge in [0, 0.05) is 18.5 Å². The Kier molecular flexibility index (Phi) is 4.70. The van der Waals surface area contributed by atoms with E-state index in [1.165, 1.54) is 0 Å². The van der Waals surface area contributed by atoms with Crippen molar-refractivity contribution >= 4 is 6.09 Å². The molecule has 0 saturated heterocycles. The number of aryl methyl sites for hydroxylation is 1. The van der Waals surface area contributed by atoms with E-state index in [1.807, 2.05) is 31.2 Å². The number of rotatable bonds is 5. The monoisotopic (exact) mass is 275 g/mol. The van der Waals surface area contributed by atoms with Gasteiger partial charge in [-0.15, -0.1) is 10.2 Å². The van der Waals surface area contributed by atoms with Crippen LogP contribution in [0.5, 0.6) is 0 Å². The van der Waals surface area contributed by atoms with Crippen molar-refractivity contribution in [1.82, 2.24) is 15.5 Å². The van der Waals surface area contributed by atoms with E-state index in [9.17, 15) is 4.79 Å². The van der Waals surface area contributed by atoms with Crippen LogP contribution in [-0.2, 0) is 11.2 Å². The number of ether oxygens (including phenoxy) is 1. The molecule has 0 bridgehead atoms. The molecule has 0 unspecified atom stereocenters. The molecule has 1 N–H and O–H groups in total. The number of aromatic nitrogens is 2. The fourth-order valence-electron chi connectivity index (χ4n) is 1.70. The predicted molar refractivity (Wildman–Crippen MR) is 73.2 cm³/mol. The minimum atomic E-state index is -0.439. The molecule has 20 heavy (non-hydrogen) atoms. The van der Waals surface area contributed by atoms with Crippen molar-refractivity contribution in [2.45, 2.75) is 20.3 Å². The number of alkyl carbamates (subject to hydrolysis) is 1.